The molecule has 60 heavy (non-hydrogen) atoms. The lowest BCUT2D eigenvalue weighted by molar-refractivity contribution is -0.385. The molecule has 0 saturated heterocycles. The fourth-order valence-electron chi connectivity index (χ4n) is 6.11. The van der Waals surface area contributed by atoms with Crippen molar-refractivity contribution in [2.75, 3.05) is 13.2 Å². The zero-order valence-electron chi connectivity index (χ0n) is 33.7. The Balaban J connectivity index is 1.43. The molecule has 2 heterocycles. The summed E-state index contributed by atoms with van der Waals surface area (Å²) >= 11 is 3.04. The molecule has 0 radical (unpaired) electrons. The number of nitriles is 2. The zero-order valence-corrected chi connectivity index (χ0v) is 35.3. The first-order valence-corrected chi connectivity index (χ1v) is 21.6. The minimum atomic E-state index is -0.463. The number of hydrogen-bond acceptors (Lipinski definition) is 10. The van der Waals surface area contributed by atoms with E-state index in [4.69, 9.17) is 9.47 Å². The second kappa shape index (κ2) is 23.1. The third-order valence-electron chi connectivity index (χ3n) is 9.39. The average molecular weight is 839 g/mol. The van der Waals surface area contributed by atoms with Gasteiger partial charge in [0.25, 0.3) is 11.4 Å². The highest BCUT2D eigenvalue weighted by molar-refractivity contribution is 7.14. The van der Waals surface area contributed by atoms with Crippen molar-refractivity contribution in [1.29, 1.82) is 10.5 Å². The highest BCUT2D eigenvalue weighted by Crippen LogP contribution is 2.35. The van der Waals surface area contributed by atoms with Gasteiger partial charge in [0, 0.05) is 54.9 Å². The number of unbranched alkanes of at least 4 members (excludes halogenated alkanes) is 6. The van der Waals surface area contributed by atoms with Gasteiger partial charge in [0.1, 0.15) is 11.5 Å². The van der Waals surface area contributed by atoms with E-state index in [0.29, 0.717) is 35.5 Å². The van der Waals surface area contributed by atoms with Gasteiger partial charge in [-0.25, -0.2) is 0 Å². The number of benzene rings is 3. The molecule has 0 saturated carbocycles. The smallest absolute Gasteiger partial charge is 0.269 e. The van der Waals surface area contributed by atoms with Crippen LogP contribution in [0.3, 0.4) is 0 Å². The van der Waals surface area contributed by atoms with Crippen LogP contribution in [0.15, 0.2) is 84.9 Å². The summed E-state index contributed by atoms with van der Waals surface area (Å²) in [5, 5.41) is 41.9. The van der Waals surface area contributed by atoms with Gasteiger partial charge in [0.05, 0.1) is 46.3 Å². The standard InChI is InChI=1S/C48H46N4O6S2/c1-3-5-7-9-27-57-47-31-38(16-22-44-24-26-46(60-44)30-40(34-50)36-13-19-42(20-14-36)52(55)56)48(58-28-10-8-6-4-2)32-37(47)15-21-43-23-25-45(59-43)29-39(33-49)35-11-17-41(18-12-35)51(53)54/h11-26,29-32H,3-10,27-28H2,1-2H3/b21-15+,22-16+,39-29+,40-30+. The zero-order chi connectivity index (χ0) is 42.7. The quantitative estimate of drug-likeness (QED) is 0.0289. The molecule has 0 aliphatic carbocycles. The van der Waals surface area contributed by atoms with E-state index in [0.717, 1.165) is 93.5 Å². The van der Waals surface area contributed by atoms with E-state index in [1.54, 1.807) is 36.4 Å². The molecule has 2 aromatic heterocycles. The average Bonchev–Trinajstić information content (AvgIpc) is 3.92. The molecule has 0 fully saturated rings. The second-order valence-corrected chi connectivity index (χ2v) is 16.1. The highest BCUT2D eigenvalue weighted by Gasteiger charge is 2.13. The first-order valence-electron chi connectivity index (χ1n) is 19.9. The number of rotatable bonds is 22. The topological polar surface area (TPSA) is 152 Å². The molecular formula is C48H46N4O6S2. The number of non-ortho nitro benzene ring substituents is 2. The first kappa shape index (κ1) is 44.5. The molecule has 0 spiro atoms. The summed E-state index contributed by atoms with van der Waals surface area (Å²) in [5.41, 5.74) is 3.73. The molecule has 0 aliphatic heterocycles. The minimum absolute atomic E-state index is 0.0295. The third kappa shape index (κ3) is 13.2. The molecule has 0 bridgehead atoms. The normalized spacial score (nSPS) is 11.8. The van der Waals surface area contributed by atoms with Crippen LogP contribution in [0.1, 0.15) is 107 Å². The summed E-state index contributed by atoms with van der Waals surface area (Å²) in [4.78, 5) is 24.9. The summed E-state index contributed by atoms with van der Waals surface area (Å²) in [7, 11) is 0. The van der Waals surface area contributed by atoms with E-state index in [1.807, 2.05) is 60.7 Å². The lowest BCUT2D eigenvalue weighted by Gasteiger charge is -2.15. The Morgan fingerprint density at radius 3 is 1.30 bits per heavy atom. The van der Waals surface area contributed by atoms with Crippen molar-refractivity contribution < 1.29 is 19.3 Å². The van der Waals surface area contributed by atoms with Crippen molar-refractivity contribution in [3.8, 4) is 23.6 Å². The molecule has 12 heteroatoms. The monoisotopic (exact) mass is 838 g/mol. The summed E-state index contributed by atoms with van der Waals surface area (Å²) in [6.45, 7) is 5.51. The fraction of sp³-hybridized carbons (Fsp3) is 0.250. The van der Waals surface area contributed by atoms with Crippen molar-refractivity contribution in [2.24, 2.45) is 0 Å². The van der Waals surface area contributed by atoms with Crippen LogP contribution in [0.2, 0.25) is 0 Å². The summed E-state index contributed by atoms with van der Waals surface area (Å²) < 4.78 is 12.9. The van der Waals surface area contributed by atoms with Crippen LogP contribution in [0.4, 0.5) is 11.4 Å². The van der Waals surface area contributed by atoms with Gasteiger partial charge in [0.2, 0.25) is 0 Å². The molecule has 0 N–H and O–H groups in total. The van der Waals surface area contributed by atoms with Crippen LogP contribution in [0, 0.1) is 42.9 Å². The number of hydrogen-bond donors (Lipinski definition) is 0. The van der Waals surface area contributed by atoms with Crippen molar-refractivity contribution in [3.05, 3.63) is 147 Å². The van der Waals surface area contributed by atoms with Crippen LogP contribution < -0.4 is 9.47 Å². The number of allylic oxidation sites excluding steroid dienone is 2. The number of nitro benzene ring substituents is 2. The predicted octanol–water partition coefficient (Wildman–Crippen LogP) is 14.0. The molecular weight excluding hydrogens is 793 g/mol. The van der Waals surface area contributed by atoms with Gasteiger partial charge in [-0.05, 0) is 121 Å². The van der Waals surface area contributed by atoms with Gasteiger partial charge in [-0.3, -0.25) is 20.2 Å². The molecule has 0 atom stereocenters. The van der Waals surface area contributed by atoms with E-state index >= 15 is 0 Å². The Labute approximate surface area is 359 Å². The molecule has 3 aromatic carbocycles. The van der Waals surface area contributed by atoms with Crippen molar-refractivity contribution in [1.82, 2.24) is 0 Å². The van der Waals surface area contributed by atoms with Crippen molar-refractivity contribution in [3.63, 3.8) is 0 Å². The van der Waals surface area contributed by atoms with E-state index in [2.05, 4.69) is 26.0 Å². The fourth-order valence-corrected chi connectivity index (χ4v) is 7.82. The van der Waals surface area contributed by atoms with Gasteiger partial charge >= 0.3 is 0 Å². The number of nitro groups is 2. The van der Waals surface area contributed by atoms with Crippen molar-refractivity contribution in [2.45, 2.75) is 65.2 Å². The van der Waals surface area contributed by atoms with Gasteiger partial charge in [-0.1, -0.05) is 52.4 Å². The summed E-state index contributed by atoms with van der Waals surface area (Å²) in [5.74, 6) is 1.47. The number of ether oxygens (including phenoxy) is 2. The third-order valence-corrected chi connectivity index (χ3v) is 11.4. The van der Waals surface area contributed by atoms with E-state index in [1.165, 1.54) is 46.9 Å². The maximum atomic E-state index is 11.1. The van der Waals surface area contributed by atoms with Crippen molar-refractivity contribution >= 4 is 81.7 Å². The van der Waals surface area contributed by atoms with Crippen LogP contribution in [-0.4, -0.2) is 23.1 Å². The molecule has 5 aromatic rings. The predicted molar refractivity (Wildman–Crippen MR) is 245 cm³/mol. The SMILES string of the molecule is CCCCCCOc1cc(/C=C/c2ccc(/C=C(\C#N)c3ccc([N+](=O)[O-])cc3)s2)c(OCCCCCC)cc1/C=C/c1ccc(/C=C(\C#N)c2ccc([N+](=O)[O-])cc2)s1. The maximum Gasteiger partial charge on any atom is 0.269 e. The van der Waals surface area contributed by atoms with Crippen LogP contribution in [-0.2, 0) is 0 Å². The van der Waals surface area contributed by atoms with E-state index < -0.39 is 9.85 Å². The van der Waals surface area contributed by atoms with Crippen LogP contribution in [0.5, 0.6) is 11.5 Å². The Kier molecular flexibility index (Phi) is 17.1. The summed E-state index contributed by atoms with van der Waals surface area (Å²) in [6, 6.07) is 28.3. The second-order valence-electron chi connectivity index (χ2n) is 13.8. The lowest BCUT2D eigenvalue weighted by Crippen LogP contribution is -2.03. The van der Waals surface area contributed by atoms with Gasteiger partial charge in [-0.15, -0.1) is 22.7 Å². The van der Waals surface area contributed by atoms with Gasteiger partial charge in [0.15, 0.2) is 0 Å². The largest absolute Gasteiger partial charge is 0.493 e. The summed E-state index contributed by atoms with van der Waals surface area (Å²) in [6.07, 6.45) is 20.2. The van der Waals surface area contributed by atoms with Crippen LogP contribution in [0.25, 0.3) is 47.6 Å². The number of thiophene rings is 2. The van der Waals surface area contributed by atoms with Crippen LogP contribution >= 0.6 is 22.7 Å². The van der Waals surface area contributed by atoms with Gasteiger partial charge in [-0.2, -0.15) is 10.5 Å². The molecule has 10 nitrogen and oxygen atoms in total. The lowest BCUT2D eigenvalue weighted by atomic mass is 10.1. The van der Waals surface area contributed by atoms with E-state index in [9.17, 15) is 30.8 Å². The maximum absolute atomic E-state index is 11.1. The van der Waals surface area contributed by atoms with Gasteiger partial charge < -0.3 is 9.47 Å². The molecule has 0 amide bonds. The Bertz CT molecular complexity index is 2270. The van der Waals surface area contributed by atoms with E-state index in [-0.39, 0.29) is 11.4 Å². The molecule has 5 rings (SSSR count). The first-order chi connectivity index (χ1) is 29.2. The Morgan fingerprint density at radius 1 is 0.567 bits per heavy atom. The highest BCUT2D eigenvalue weighted by atomic mass is 32.1. The molecule has 306 valence electrons. The number of nitrogens with zero attached hydrogens (tertiary/aromatic N) is 4. The molecule has 0 aliphatic rings. The molecule has 0 unspecified atom stereocenters. The Morgan fingerprint density at radius 2 is 0.950 bits per heavy atom. The Hall–Kier alpha value is -6.60. The minimum Gasteiger partial charge on any atom is -0.493 e.